The van der Waals surface area contributed by atoms with E-state index in [1.165, 1.54) is 0 Å². The topological polar surface area (TPSA) is 87.3 Å². The molecule has 0 fully saturated rings. The summed E-state index contributed by atoms with van der Waals surface area (Å²) in [5.74, 6) is -0.696. The van der Waals surface area contributed by atoms with Gasteiger partial charge >= 0.3 is 0 Å². The Morgan fingerprint density at radius 1 is 1.05 bits per heavy atom. The van der Waals surface area contributed by atoms with Crippen LogP contribution in [0.2, 0.25) is 0 Å². The molecule has 1 aromatic rings. The quantitative estimate of drug-likeness (QED) is 0.777. The minimum atomic E-state index is -0.532. The van der Waals surface area contributed by atoms with Gasteiger partial charge in [0.15, 0.2) is 0 Å². The molecule has 0 radical (unpaired) electrons. The number of benzene rings is 1. The van der Waals surface area contributed by atoms with Crippen molar-refractivity contribution >= 4 is 23.4 Å². The molecule has 0 atom stereocenters. The van der Waals surface area contributed by atoms with Gasteiger partial charge in [-0.1, -0.05) is 20.8 Å². The SMILES string of the molecule is CNC(=O)c1ccc(NC(=O)CNC(=O)C(C)(C)C)cc1. The van der Waals surface area contributed by atoms with Crippen molar-refractivity contribution in [1.82, 2.24) is 10.6 Å². The Hall–Kier alpha value is -2.37. The number of amides is 3. The van der Waals surface area contributed by atoms with Gasteiger partial charge in [-0.3, -0.25) is 14.4 Å². The molecule has 0 aliphatic carbocycles. The van der Waals surface area contributed by atoms with Crippen molar-refractivity contribution in [2.45, 2.75) is 20.8 Å². The molecule has 0 unspecified atom stereocenters. The Morgan fingerprint density at radius 2 is 1.62 bits per heavy atom. The largest absolute Gasteiger partial charge is 0.355 e. The highest BCUT2D eigenvalue weighted by Gasteiger charge is 2.21. The summed E-state index contributed by atoms with van der Waals surface area (Å²) in [4.78, 5) is 34.7. The first-order valence-corrected chi connectivity index (χ1v) is 6.64. The number of carbonyl (C=O) groups excluding carboxylic acids is 3. The molecule has 0 aromatic heterocycles. The summed E-state index contributed by atoms with van der Waals surface area (Å²) in [6.07, 6.45) is 0. The lowest BCUT2D eigenvalue weighted by Crippen LogP contribution is -2.39. The lowest BCUT2D eigenvalue weighted by molar-refractivity contribution is -0.130. The fraction of sp³-hybridized carbons (Fsp3) is 0.400. The van der Waals surface area contributed by atoms with Crippen LogP contribution in [0.25, 0.3) is 0 Å². The minimum absolute atomic E-state index is 0.0900. The molecule has 0 saturated carbocycles. The molecule has 3 amide bonds. The van der Waals surface area contributed by atoms with Gasteiger partial charge in [0.2, 0.25) is 11.8 Å². The van der Waals surface area contributed by atoms with Crippen molar-refractivity contribution < 1.29 is 14.4 Å². The molecule has 0 bridgehead atoms. The van der Waals surface area contributed by atoms with E-state index < -0.39 is 5.41 Å². The first kappa shape index (κ1) is 16.7. The maximum absolute atomic E-state index is 11.7. The molecule has 114 valence electrons. The van der Waals surface area contributed by atoms with Crippen LogP contribution in [0.15, 0.2) is 24.3 Å². The zero-order chi connectivity index (χ0) is 16.0. The van der Waals surface area contributed by atoms with Gasteiger partial charge in [0.1, 0.15) is 0 Å². The fourth-order valence-electron chi connectivity index (χ4n) is 1.48. The standard InChI is InChI=1S/C15H21N3O3/c1-15(2,3)14(21)17-9-12(19)18-11-7-5-10(6-8-11)13(20)16-4/h5-8H,9H2,1-4H3,(H,16,20)(H,17,21)(H,18,19). The Labute approximate surface area is 124 Å². The highest BCUT2D eigenvalue weighted by molar-refractivity contribution is 5.97. The Bertz CT molecular complexity index is 530. The summed E-state index contributed by atoms with van der Waals surface area (Å²) in [6, 6.07) is 6.49. The highest BCUT2D eigenvalue weighted by Crippen LogP contribution is 2.12. The summed E-state index contributed by atoms with van der Waals surface area (Å²) in [7, 11) is 1.55. The summed E-state index contributed by atoms with van der Waals surface area (Å²) in [6.45, 7) is 5.24. The van der Waals surface area contributed by atoms with Crippen LogP contribution >= 0.6 is 0 Å². The van der Waals surface area contributed by atoms with Crippen LogP contribution < -0.4 is 16.0 Å². The lowest BCUT2D eigenvalue weighted by atomic mass is 9.96. The van der Waals surface area contributed by atoms with E-state index in [1.807, 2.05) is 0 Å². The van der Waals surface area contributed by atoms with Crippen molar-refractivity contribution in [3.63, 3.8) is 0 Å². The van der Waals surface area contributed by atoms with Crippen molar-refractivity contribution in [1.29, 1.82) is 0 Å². The first-order chi connectivity index (χ1) is 9.74. The summed E-state index contributed by atoms with van der Waals surface area (Å²) >= 11 is 0. The smallest absolute Gasteiger partial charge is 0.251 e. The van der Waals surface area contributed by atoms with Gasteiger partial charge in [-0.25, -0.2) is 0 Å². The predicted molar refractivity (Wildman–Crippen MR) is 80.9 cm³/mol. The Balaban J connectivity index is 2.52. The number of hydrogen-bond donors (Lipinski definition) is 3. The fourth-order valence-corrected chi connectivity index (χ4v) is 1.48. The van der Waals surface area contributed by atoms with Gasteiger partial charge in [0, 0.05) is 23.7 Å². The van der Waals surface area contributed by atoms with Gasteiger partial charge in [-0.2, -0.15) is 0 Å². The predicted octanol–water partition coefficient (Wildman–Crippen LogP) is 1.15. The van der Waals surface area contributed by atoms with Gasteiger partial charge in [0.25, 0.3) is 5.91 Å². The van der Waals surface area contributed by atoms with Crippen molar-refractivity contribution in [3.05, 3.63) is 29.8 Å². The molecule has 3 N–H and O–H groups in total. The maximum Gasteiger partial charge on any atom is 0.251 e. The van der Waals surface area contributed by atoms with Crippen LogP contribution in [0, 0.1) is 5.41 Å². The van der Waals surface area contributed by atoms with Gasteiger partial charge in [0.05, 0.1) is 6.54 Å². The van der Waals surface area contributed by atoms with E-state index in [-0.39, 0.29) is 24.3 Å². The minimum Gasteiger partial charge on any atom is -0.355 e. The van der Waals surface area contributed by atoms with E-state index in [4.69, 9.17) is 0 Å². The second kappa shape index (κ2) is 6.88. The normalized spacial score (nSPS) is 10.7. The van der Waals surface area contributed by atoms with Gasteiger partial charge < -0.3 is 16.0 Å². The zero-order valence-corrected chi connectivity index (χ0v) is 12.7. The highest BCUT2D eigenvalue weighted by atomic mass is 16.2. The van der Waals surface area contributed by atoms with Crippen molar-refractivity contribution in [2.75, 3.05) is 18.9 Å². The monoisotopic (exact) mass is 291 g/mol. The average Bonchev–Trinajstić information content (AvgIpc) is 2.43. The summed E-state index contributed by atoms with van der Waals surface area (Å²) in [5, 5.41) is 7.73. The van der Waals surface area contributed by atoms with Crippen LogP contribution in [0.4, 0.5) is 5.69 Å². The van der Waals surface area contributed by atoms with E-state index in [0.717, 1.165) is 0 Å². The Kier molecular flexibility index (Phi) is 5.46. The van der Waals surface area contributed by atoms with E-state index in [0.29, 0.717) is 11.3 Å². The number of anilines is 1. The van der Waals surface area contributed by atoms with Gasteiger partial charge in [-0.05, 0) is 24.3 Å². The summed E-state index contributed by atoms with van der Waals surface area (Å²) < 4.78 is 0. The van der Waals surface area contributed by atoms with E-state index in [1.54, 1.807) is 52.1 Å². The zero-order valence-electron chi connectivity index (χ0n) is 12.7. The molecule has 0 aliphatic heterocycles. The summed E-state index contributed by atoms with van der Waals surface area (Å²) in [5.41, 5.74) is 0.546. The van der Waals surface area contributed by atoms with Crippen molar-refractivity contribution in [3.8, 4) is 0 Å². The third-order valence-corrected chi connectivity index (χ3v) is 2.75. The molecular weight excluding hydrogens is 270 g/mol. The van der Waals surface area contributed by atoms with Gasteiger partial charge in [-0.15, -0.1) is 0 Å². The number of nitrogens with one attached hydrogen (secondary N) is 3. The number of rotatable bonds is 4. The Morgan fingerprint density at radius 3 is 2.10 bits per heavy atom. The third-order valence-electron chi connectivity index (χ3n) is 2.75. The van der Waals surface area contributed by atoms with Crippen LogP contribution in [0.5, 0.6) is 0 Å². The molecule has 6 heteroatoms. The molecule has 0 saturated heterocycles. The van der Waals surface area contributed by atoms with Crippen LogP contribution in [0.3, 0.4) is 0 Å². The van der Waals surface area contributed by atoms with E-state index in [9.17, 15) is 14.4 Å². The average molecular weight is 291 g/mol. The van der Waals surface area contributed by atoms with Crippen LogP contribution in [0.1, 0.15) is 31.1 Å². The molecule has 0 heterocycles. The van der Waals surface area contributed by atoms with Crippen LogP contribution in [-0.4, -0.2) is 31.3 Å². The van der Waals surface area contributed by atoms with E-state index in [2.05, 4.69) is 16.0 Å². The molecule has 0 spiro atoms. The maximum atomic E-state index is 11.7. The van der Waals surface area contributed by atoms with Crippen molar-refractivity contribution in [2.24, 2.45) is 5.41 Å². The third kappa shape index (κ3) is 5.25. The lowest BCUT2D eigenvalue weighted by Gasteiger charge is -2.17. The molecular formula is C15H21N3O3. The second-order valence-electron chi connectivity index (χ2n) is 5.64. The molecule has 21 heavy (non-hydrogen) atoms. The number of carbonyl (C=O) groups is 3. The molecule has 1 rings (SSSR count). The molecule has 1 aromatic carbocycles. The molecule has 6 nitrogen and oxygen atoms in total. The first-order valence-electron chi connectivity index (χ1n) is 6.64. The molecule has 0 aliphatic rings. The number of hydrogen-bond acceptors (Lipinski definition) is 3. The second-order valence-corrected chi connectivity index (χ2v) is 5.64. The van der Waals surface area contributed by atoms with Crippen LogP contribution in [-0.2, 0) is 9.59 Å². The van der Waals surface area contributed by atoms with E-state index >= 15 is 0 Å².